The van der Waals surface area contributed by atoms with Gasteiger partial charge < -0.3 is 10.1 Å². The largest absolute Gasteiger partial charge is 0.469 e. The molecule has 9 heteroatoms. The first-order chi connectivity index (χ1) is 13.6. The Morgan fingerprint density at radius 1 is 1.38 bits per heavy atom. The van der Waals surface area contributed by atoms with Crippen LogP contribution in [0.4, 0.5) is 10.5 Å². The molecule has 2 aliphatic carbocycles. The fourth-order valence-corrected chi connectivity index (χ4v) is 5.76. The number of carbonyl (C=O) groups excluding carboxylic acids is 1. The SMILES string of the molecule is C[C@H]1Cc2cc3c(c(NC(=O)NS(=N)(=O)c4cnn5c4OC(C)(C)C5)c21)CCC3. The number of hydrogen-bond donors (Lipinski definition) is 3. The van der Waals surface area contributed by atoms with Gasteiger partial charge in [0.2, 0.25) is 5.88 Å². The number of rotatable bonds is 3. The van der Waals surface area contributed by atoms with Gasteiger partial charge in [-0.2, -0.15) is 5.10 Å². The highest BCUT2D eigenvalue weighted by atomic mass is 32.2. The number of nitrogens with one attached hydrogen (secondary N) is 3. The van der Waals surface area contributed by atoms with Crippen LogP contribution in [-0.4, -0.2) is 25.6 Å². The average molecular weight is 416 g/mol. The van der Waals surface area contributed by atoms with Gasteiger partial charge in [-0.25, -0.2) is 23.2 Å². The molecule has 2 amide bonds. The third-order valence-electron chi connectivity index (χ3n) is 5.99. The van der Waals surface area contributed by atoms with Crippen molar-refractivity contribution in [2.45, 2.75) is 69.4 Å². The number of anilines is 1. The highest BCUT2D eigenvalue weighted by Gasteiger charge is 2.37. The van der Waals surface area contributed by atoms with Crippen molar-refractivity contribution < 1.29 is 13.7 Å². The number of fused-ring (bicyclic) bond motifs is 3. The van der Waals surface area contributed by atoms with E-state index in [1.165, 1.54) is 28.5 Å². The predicted octanol–water partition coefficient (Wildman–Crippen LogP) is 3.34. The molecule has 2 heterocycles. The van der Waals surface area contributed by atoms with Gasteiger partial charge in [-0.15, -0.1) is 0 Å². The van der Waals surface area contributed by atoms with E-state index in [1.807, 2.05) is 13.8 Å². The fraction of sp³-hybridized carbons (Fsp3) is 0.500. The summed E-state index contributed by atoms with van der Waals surface area (Å²) in [6.07, 6.45) is 5.39. The van der Waals surface area contributed by atoms with E-state index in [9.17, 15) is 9.00 Å². The molecule has 3 aliphatic rings. The summed E-state index contributed by atoms with van der Waals surface area (Å²) in [5.74, 6) is 0.676. The second-order valence-corrected chi connectivity index (χ2v) is 10.6. The molecule has 8 nitrogen and oxygen atoms in total. The van der Waals surface area contributed by atoms with Gasteiger partial charge in [-0.1, -0.05) is 13.0 Å². The lowest BCUT2D eigenvalue weighted by molar-refractivity contribution is 0.132. The number of urea groups is 1. The Labute approximate surface area is 170 Å². The molecule has 0 saturated carbocycles. The monoisotopic (exact) mass is 415 g/mol. The summed E-state index contributed by atoms with van der Waals surface area (Å²) < 4.78 is 31.1. The topological polar surface area (TPSA) is 109 Å². The number of nitrogens with zero attached hydrogens (tertiary/aromatic N) is 2. The maximum absolute atomic E-state index is 13.0. The molecule has 29 heavy (non-hydrogen) atoms. The molecule has 1 aliphatic heterocycles. The van der Waals surface area contributed by atoms with Gasteiger partial charge in [0, 0.05) is 5.69 Å². The van der Waals surface area contributed by atoms with Crippen molar-refractivity contribution in [2.24, 2.45) is 0 Å². The first-order valence-corrected chi connectivity index (χ1v) is 11.5. The van der Waals surface area contributed by atoms with Crippen LogP contribution in [0.1, 0.15) is 55.4 Å². The maximum Gasteiger partial charge on any atom is 0.331 e. The van der Waals surface area contributed by atoms with Crippen LogP contribution in [0.5, 0.6) is 5.88 Å². The minimum absolute atomic E-state index is 0.0953. The summed E-state index contributed by atoms with van der Waals surface area (Å²) >= 11 is 0. The minimum atomic E-state index is -3.61. The predicted molar refractivity (Wildman–Crippen MR) is 109 cm³/mol. The Balaban J connectivity index is 1.41. The van der Waals surface area contributed by atoms with Crippen LogP contribution >= 0.6 is 0 Å². The number of hydrogen-bond acceptors (Lipinski definition) is 5. The molecule has 2 atom stereocenters. The van der Waals surface area contributed by atoms with Crippen LogP contribution in [-0.2, 0) is 35.7 Å². The van der Waals surface area contributed by atoms with Crippen LogP contribution in [0, 0.1) is 4.78 Å². The standard InChI is InChI=1S/C20H25N5O3S/c1-11-7-13-8-12-5-4-6-14(12)17(16(11)13)23-19(26)24-29(21,27)15-9-22-25-10-20(2,3)28-18(15)25/h8-9,11H,4-7,10H2,1-3H3,(H3,21,23,24,26,27)/t11-,29?/m0/s1. The number of ether oxygens (including phenoxy) is 1. The summed E-state index contributed by atoms with van der Waals surface area (Å²) in [4.78, 5) is 12.9. The number of carbonyl (C=O) groups is 1. The first kappa shape index (κ1) is 18.5. The molecule has 1 unspecified atom stereocenters. The Morgan fingerprint density at radius 3 is 2.93 bits per heavy atom. The van der Waals surface area contributed by atoms with Gasteiger partial charge in [-0.3, -0.25) is 0 Å². The quantitative estimate of drug-likeness (QED) is 0.714. The molecule has 1 aromatic carbocycles. The van der Waals surface area contributed by atoms with Crippen molar-refractivity contribution in [3.63, 3.8) is 0 Å². The van der Waals surface area contributed by atoms with Gasteiger partial charge in [0.1, 0.15) is 10.5 Å². The lowest BCUT2D eigenvalue weighted by Crippen LogP contribution is -2.35. The van der Waals surface area contributed by atoms with E-state index >= 15 is 0 Å². The van der Waals surface area contributed by atoms with Gasteiger partial charge in [0.05, 0.1) is 12.7 Å². The molecule has 0 bridgehead atoms. The highest BCUT2D eigenvalue weighted by Crippen LogP contribution is 2.45. The van der Waals surface area contributed by atoms with Crippen molar-refractivity contribution in [3.8, 4) is 5.88 Å². The molecular formula is C20H25N5O3S. The Morgan fingerprint density at radius 2 is 2.17 bits per heavy atom. The second kappa shape index (κ2) is 5.98. The van der Waals surface area contributed by atoms with Crippen LogP contribution < -0.4 is 14.8 Å². The molecule has 2 aromatic rings. The van der Waals surface area contributed by atoms with Crippen LogP contribution in [0.3, 0.4) is 0 Å². The zero-order valence-electron chi connectivity index (χ0n) is 16.8. The lowest BCUT2D eigenvalue weighted by atomic mass is 9.75. The summed E-state index contributed by atoms with van der Waals surface area (Å²) in [7, 11) is -3.61. The van der Waals surface area contributed by atoms with E-state index in [0.717, 1.165) is 31.4 Å². The van der Waals surface area contributed by atoms with Crippen LogP contribution in [0.2, 0.25) is 0 Å². The van der Waals surface area contributed by atoms with Gasteiger partial charge >= 0.3 is 6.03 Å². The van der Waals surface area contributed by atoms with Gasteiger partial charge in [0.15, 0.2) is 9.92 Å². The first-order valence-electron chi connectivity index (χ1n) is 9.94. The molecule has 0 saturated heterocycles. The number of aromatic nitrogens is 2. The number of benzene rings is 1. The van der Waals surface area contributed by atoms with Gasteiger partial charge in [0.25, 0.3) is 0 Å². The Hall–Kier alpha value is -2.55. The number of aryl methyl sites for hydroxylation is 1. The van der Waals surface area contributed by atoms with Crippen LogP contribution in [0.25, 0.3) is 0 Å². The van der Waals surface area contributed by atoms with Gasteiger partial charge in [-0.05, 0) is 67.7 Å². The summed E-state index contributed by atoms with van der Waals surface area (Å²) in [6, 6.07) is 1.63. The lowest BCUT2D eigenvalue weighted by Gasteiger charge is -2.32. The van der Waals surface area contributed by atoms with Crippen molar-refractivity contribution in [3.05, 3.63) is 34.5 Å². The molecule has 1 aromatic heterocycles. The smallest absolute Gasteiger partial charge is 0.331 e. The normalized spacial score (nSPS) is 22.5. The Bertz CT molecular complexity index is 1150. The Kier molecular flexibility index (Phi) is 3.81. The summed E-state index contributed by atoms with van der Waals surface area (Å²) in [5.41, 5.74) is 5.29. The molecule has 0 radical (unpaired) electrons. The van der Waals surface area contributed by atoms with E-state index in [2.05, 4.69) is 28.1 Å². The minimum Gasteiger partial charge on any atom is -0.469 e. The summed E-state index contributed by atoms with van der Waals surface area (Å²) in [5, 5.41) is 7.08. The van der Waals surface area contributed by atoms with Crippen molar-refractivity contribution in [1.82, 2.24) is 14.5 Å². The third-order valence-corrected chi connectivity index (χ3v) is 7.36. The zero-order valence-corrected chi connectivity index (χ0v) is 17.6. The average Bonchev–Trinajstić information content (AvgIpc) is 3.26. The molecular weight excluding hydrogens is 390 g/mol. The highest BCUT2D eigenvalue weighted by molar-refractivity contribution is 7.91. The molecule has 0 fully saturated rings. The van der Waals surface area contributed by atoms with Crippen molar-refractivity contribution in [2.75, 3.05) is 5.32 Å². The summed E-state index contributed by atoms with van der Waals surface area (Å²) in [6.45, 7) is 6.44. The molecule has 0 spiro atoms. The van der Waals surface area contributed by atoms with E-state index in [1.54, 1.807) is 4.68 Å². The van der Waals surface area contributed by atoms with E-state index in [4.69, 9.17) is 9.52 Å². The van der Waals surface area contributed by atoms with E-state index < -0.39 is 21.5 Å². The molecule has 5 rings (SSSR count). The van der Waals surface area contributed by atoms with E-state index in [-0.39, 0.29) is 10.8 Å². The number of amides is 2. The van der Waals surface area contributed by atoms with Crippen molar-refractivity contribution in [1.29, 1.82) is 4.78 Å². The molecule has 154 valence electrons. The fourth-order valence-electron chi connectivity index (χ4n) is 4.75. The molecule has 3 N–H and O–H groups in total. The zero-order chi connectivity index (χ0) is 20.6. The third kappa shape index (κ3) is 2.90. The van der Waals surface area contributed by atoms with Crippen LogP contribution in [0.15, 0.2) is 17.2 Å². The van der Waals surface area contributed by atoms with Crippen molar-refractivity contribution >= 4 is 21.6 Å². The second-order valence-electron chi connectivity index (χ2n) is 8.87. The van der Waals surface area contributed by atoms with E-state index in [0.29, 0.717) is 12.5 Å². The maximum atomic E-state index is 13.0.